The van der Waals surface area contributed by atoms with Crippen LogP contribution in [0.4, 0.5) is 5.69 Å². The Morgan fingerprint density at radius 1 is 1.11 bits per heavy atom. The van der Waals surface area contributed by atoms with E-state index in [1.165, 1.54) is 30.5 Å². The first-order valence-electron chi connectivity index (χ1n) is 7.56. The van der Waals surface area contributed by atoms with Gasteiger partial charge in [-0.25, -0.2) is 0 Å². The van der Waals surface area contributed by atoms with E-state index in [0.717, 1.165) is 18.4 Å². The Morgan fingerprint density at radius 3 is 2.42 bits per heavy atom. The third kappa shape index (κ3) is 3.97. The Kier molecular flexibility index (Phi) is 4.87. The molecule has 3 atom stereocenters. The Balaban J connectivity index is 1.95. The van der Waals surface area contributed by atoms with Gasteiger partial charge < -0.3 is 10.2 Å². The van der Waals surface area contributed by atoms with Gasteiger partial charge in [-0.05, 0) is 50.0 Å². The van der Waals surface area contributed by atoms with Gasteiger partial charge in [0, 0.05) is 18.3 Å². The van der Waals surface area contributed by atoms with Crippen molar-refractivity contribution in [2.75, 3.05) is 19.4 Å². The third-order valence-electron chi connectivity index (χ3n) is 4.51. The minimum absolute atomic E-state index is 0.642. The molecular weight excluding hydrogens is 232 g/mol. The average Bonchev–Trinajstić information content (AvgIpc) is 2.37. The van der Waals surface area contributed by atoms with Gasteiger partial charge in [-0.15, -0.1) is 0 Å². The lowest BCUT2D eigenvalue weighted by Gasteiger charge is -2.35. The lowest BCUT2D eigenvalue weighted by molar-refractivity contribution is 0.253. The van der Waals surface area contributed by atoms with Crippen molar-refractivity contribution in [3.63, 3.8) is 0 Å². The second kappa shape index (κ2) is 6.42. The van der Waals surface area contributed by atoms with Gasteiger partial charge in [0.1, 0.15) is 0 Å². The van der Waals surface area contributed by atoms with E-state index in [2.05, 4.69) is 62.4 Å². The second-order valence-corrected chi connectivity index (χ2v) is 6.45. The summed E-state index contributed by atoms with van der Waals surface area (Å²) in [6.45, 7) is 5.79. The summed E-state index contributed by atoms with van der Waals surface area (Å²) < 4.78 is 0. The fraction of sp³-hybridized carbons (Fsp3) is 0.647. The summed E-state index contributed by atoms with van der Waals surface area (Å²) in [5, 5.41) is 3.73. The summed E-state index contributed by atoms with van der Waals surface area (Å²) in [6, 6.07) is 9.57. The molecule has 1 aromatic carbocycles. The monoisotopic (exact) mass is 260 g/mol. The third-order valence-corrected chi connectivity index (χ3v) is 4.51. The largest absolute Gasteiger partial charge is 0.382 e. The normalized spacial score (nSPS) is 27.5. The average molecular weight is 260 g/mol. The molecule has 19 heavy (non-hydrogen) atoms. The van der Waals surface area contributed by atoms with E-state index in [9.17, 15) is 0 Å². The van der Waals surface area contributed by atoms with Crippen molar-refractivity contribution in [1.82, 2.24) is 4.90 Å². The molecule has 1 saturated carbocycles. The highest BCUT2D eigenvalue weighted by Gasteiger charge is 2.26. The molecule has 0 spiro atoms. The van der Waals surface area contributed by atoms with Crippen LogP contribution in [0.3, 0.4) is 0 Å². The van der Waals surface area contributed by atoms with Crippen molar-refractivity contribution in [2.24, 2.45) is 11.8 Å². The fourth-order valence-corrected chi connectivity index (χ4v) is 3.07. The minimum Gasteiger partial charge on any atom is -0.382 e. The standard InChI is InChI=1S/C17H28N2/c1-13-6-5-7-17(14(13)2)18-16-10-8-15(9-11-16)12-19(3)4/h8-11,13-14,17-18H,5-7,12H2,1-4H3. The van der Waals surface area contributed by atoms with Crippen molar-refractivity contribution in [3.8, 4) is 0 Å². The summed E-state index contributed by atoms with van der Waals surface area (Å²) in [5.41, 5.74) is 2.65. The zero-order valence-electron chi connectivity index (χ0n) is 12.8. The van der Waals surface area contributed by atoms with Crippen LogP contribution in [0.25, 0.3) is 0 Å². The second-order valence-electron chi connectivity index (χ2n) is 6.45. The molecule has 106 valence electrons. The van der Waals surface area contributed by atoms with Crippen molar-refractivity contribution in [2.45, 2.75) is 45.7 Å². The molecule has 0 heterocycles. The van der Waals surface area contributed by atoms with Crippen LogP contribution in [0.5, 0.6) is 0 Å². The van der Waals surface area contributed by atoms with E-state index in [-0.39, 0.29) is 0 Å². The van der Waals surface area contributed by atoms with E-state index >= 15 is 0 Å². The first-order valence-corrected chi connectivity index (χ1v) is 7.56. The van der Waals surface area contributed by atoms with Gasteiger partial charge in [-0.2, -0.15) is 0 Å². The zero-order chi connectivity index (χ0) is 13.8. The maximum Gasteiger partial charge on any atom is 0.0342 e. The highest BCUT2D eigenvalue weighted by molar-refractivity contribution is 5.45. The molecule has 1 N–H and O–H groups in total. The predicted octanol–water partition coefficient (Wildman–Crippen LogP) is 3.98. The molecule has 0 bridgehead atoms. The lowest BCUT2D eigenvalue weighted by atomic mass is 9.78. The van der Waals surface area contributed by atoms with Crippen LogP contribution in [0, 0.1) is 11.8 Å². The molecule has 0 saturated heterocycles. The molecule has 0 aromatic heterocycles. The Bertz CT molecular complexity index is 383. The Morgan fingerprint density at radius 2 is 1.79 bits per heavy atom. The minimum atomic E-state index is 0.642. The van der Waals surface area contributed by atoms with E-state index in [0.29, 0.717) is 6.04 Å². The van der Waals surface area contributed by atoms with Crippen molar-refractivity contribution in [1.29, 1.82) is 0 Å². The van der Waals surface area contributed by atoms with E-state index in [1.807, 2.05) is 0 Å². The number of benzene rings is 1. The fourth-order valence-electron chi connectivity index (χ4n) is 3.07. The van der Waals surface area contributed by atoms with Gasteiger partial charge >= 0.3 is 0 Å². The van der Waals surface area contributed by atoms with Crippen LogP contribution >= 0.6 is 0 Å². The van der Waals surface area contributed by atoms with Gasteiger partial charge in [0.25, 0.3) is 0 Å². The smallest absolute Gasteiger partial charge is 0.0342 e. The molecule has 0 radical (unpaired) electrons. The number of hydrogen-bond acceptors (Lipinski definition) is 2. The molecule has 0 aliphatic heterocycles. The number of hydrogen-bond donors (Lipinski definition) is 1. The summed E-state index contributed by atoms with van der Waals surface area (Å²) in [4.78, 5) is 2.20. The molecule has 2 nitrogen and oxygen atoms in total. The molecular formula is C17H28N2. The quantitative estimate of drug-likeness (QED) is 0.880. The van der Waals surface area contributed by atoms with Crippen molar-refractivity contribution < 1.29 is 0 Å². The van der Waals surface area contributed by atoms with Gasteiger partial charge in [-0.3, -0.25) is 0 Å². The Labute approximate surface area is 118 Å². The van der Waals surface area contributed by atoms with Crippen LogP contribution in [0.2, 0.25) is 0 Å². The maximum atomic E-state index is 3.73. The summed E-state index contributed by atoms with van der Waals surface area (Å²) in [6.07, 6.45) is 4.06. The number of nitrogens with zero attached hydrogens (tertiary/aromatic N) is 1. The topological polar surface area (TPSA) is 15.3 Å². The summed E-state index contributed by atoms with van der Waals surface area (Å²) in [7, 11) is 4.22. The molecule has 2 rings (SSSR count). The van der Waals surface area contributed by atoms with Crippen molar-refractivity contribution in [3.05, 3.63) is 29.8 Å². The highest BCUT2D eigenvalue weighted by atomic mass is 15.0. The van der Waals surface area contributed by atoms with E-state index < -0.39 is 0 Å². The van der Waals surface area contributed by atoms with Gasteiger partial charge in [0.05, 0.1) is 0 Å². The SMILES string of the molecule is CC1CCCC(Nc2ccc(CN(C)C)cc2)C1C. The van der Waals surface area contributed by atoms with Crippen LogP contribution in [-0.2, 0) is 6.54 Å². The van der Waals surface area contributed by atoms with Gasteiger partial charge in [0.15, 0.2) is 0 Å². The molecule has 1 aliphatic carbocycles. The lowest BCUT2D eigenvalue weighted by Crippen LogP contribution is -2.34. The first-order chi connectivity index (χ1) is 9.06. The van der Waals surface area contributed by atoms with Gasteiger partial charge in [0.2, 0.25) is 0 Å². The maximum absolute atomic E-state index is 3.73. The molecule has 1 aromatic rings. The Hall–Kier alpha value is -1.02. The van der Waals surface area contributed by atoms with Gasteiger partial charge in [-0.1, -0.05) is 38.8 Å². The number of nitrogens with one attached hydrogen (secondary N) is 1. The van der Waals surface area contributed by atoms with Crippen LogP contribution < -0.4 is 5.32 Å². The van der Waals surface area contributed by atoms with Crippen LogP contribution in [0.15, 0.2) is 24.3 Å². The summed E-state index contributed by atoms with van der Waals surface area (Å²) in [5.74, 6) is 1.62. The van der Waals surface area contributed by atoms with E-state index in [4.69, 9.17) is 0 Å². The zero-order valence-corrected chi connectivity index (χ0v) is 12.8. The number of anilines is 1. The van der Waals surface area contributed by atoms with E-state index in [1.54, 1.807) is 0 Å². The summed E-state index contributed by atoms with van der Waals surface area (Å²) >= 11 is 0. The molecule has 1 fully saturated rings. The predicted molar refractivity (Wildman–Crippen MR) is 83.4 cm³/mol. The highest BCUT2D eigenvalue weighted by Crippen LogP contribution is 2.31. The molecule has 3 unspecified atom stereocenters. The molecule has 1 aliphatic rings. The van der Waals surface area contributed by atoms with Crippen molar-refractivity contribution >= 4 is 5.69 Å². The molecule has 2 heteroatoms. The first kappa shape index (κ1) is 14.4. The van der Waals surface area contributed by atoms with Crippen LogP contribution in [0.1, 0.15) is 38.7 Å². The number of rotatable bonds is 4. The van der Waals surface area contributed by atoms with Crippen LogP contribution in [-0.4, -0.2) is 25.0 Å². The molecule has 0 amide bonds.